The zero-order chi connectivity index (χ0) is 20.0. The van der Waals surface area contributed by atoms with E-state index in [4.69, 9.17) is 9.47 Å². The summed E-state index contributed by atoms with van der Waals surface area (Å²) in [6.07, 6.45) is 6.66. The first kappa shape index (κ1) is 19.9. The molecule has 0 fully saturated rings. The van der Waals surface area contributed by atoms with Crippen LogP contribution in [0.15, 0.2) is 60.0 Å². The molecule has 0 aliphatic carbocycles. The Hall–Kier alpha value is -3.42. The highest BCUT2D eigenvalue weighted by molar-refractivity contribution is 6.05. The molecule has 8 heteroatoms. The highest BCUT2D eigenvalue weighted by atomic mass is 16.6. The Morgan fingerprint density at radius 1 is 1.11 bits per heavy atom. The Morgan fingerprint density at radius 3 is 2.30 bits per heavy atom. The van der Waals surface area contributed by atoms with Crippen LogP contribution in [0.4, 0.5) is 5.69 Å². The number of esters is 2. The number of allylic oxidation sites excluding steroid dienone is 2. The summed E-state index contributed by atoms with van der Waals surface area (Å²) in [5, 5.41) is 10.8. The number of nitrogens with zero attached hydrogens (tertiary/aromatic N) is 2. The number of hydrogen-bond donors (Lipinski definition) is 0. The average Bonchev–Trinajstić information content (AvgIpc) is 2.90. The second kappa shape index (κ2) is 8.79. The summed E-state index contributed by atoms with van der Waals surface area (Å²) < 4.78 is 9.60. The molecule has 1 atom stereocenters. The minimum atomic E-state index is -0.699. The predicted octanol–water partition coefficient (Wildman–Crippen LogP) is 2.38. The molecule has 0 saturated heterocycles. The first-order valence-corrected chi connectivity index (χ1v) is 8.16. The van der Waals surface area contributed by atoms with E-state index in [0.717, 1.165) is 5.56 Å². The highest BCUT2D eigenvalue weighted by Gasteiger charge is 2.27. The molecular weight excluding hydrogens is 352 g/mol. The average molecular weight is 372 g/mol. The molecule has 8 nitrogen and oxygen atoms in total. The summed E-state index contributed by atoms with van der Waals surface area (Å²) in [7, 11) is 2.45. The van der Waals surface area contributed by atoms with Crippen molar-refractivity contribution in [1.82, 2.24) is 0 Å². The van der Waals surface area contributed by atoms with Crippen molar-refractivity contribution in [3.8, 4) is 0 Å². The van der Waals surface area contributed by atoms with Crippen LogP contribution in [-0.4, -0.2) is 37.1 Å². The van der Waals surface area contributed by atoms with Gasteiger partial charge in [0.1, 0.15) is 5.70 Å². The minimum Gasteiger partial charge on any atom is -0.465 e. The number of anilines is 1. The van der Waals surface area contributed by atoms with Crippen LogP contribution in [0.25, 0.3) is 0 Å². The van der Waals surface area contributed by atoms with E-state index < -0.39 is 18.0 Å². The second-order valence-corrected chi connectivity index (χ2v) is 5.82. The first-order chi connectivity index (χ1) is 12.9. The molecule has 2 rings (SSSR count). The van der Waals surface area contributed by atoms with E-state index in [2.05, 4.69) is 0 Å². The smallest absolute Gasteiger partial charge is 0.355 e. The Balaban J connectivity index is 2.43. The van der Waals surface area contributed by atoms with E-state index in [9.17, 15) is 19.7 Å². The van der Waals surface area contributed by atoms with Crippen LogP contribution in [0.2, 0.25) is 0 Å². The van der Waals surface area contributed by atoms with Gasteiger partial charge in [-0.15, -0.1) is 0 Å². The van der Waals surface area contributed by atoms with E-state index in [1.807, 2.05) is 0 Å². The van der Waals surface area contributed by atoms with Crippen molar-refractivity contribution in [3.05, 3.63) is 75.6 Å². The summed E-state index contributed by atoms with van der Waals surface area (Å²) in [4.78, 5) is 36.5. The van der Waals surface area contributed by atoms with Crippen LogP contribution in [-0.2, 0) is 25.5 Å². The van der Waals surface area contributed by atoms with Gasteiger partial charge in [-0.2, -0.15) is 0 Å². The number of methoxy groups -OCH3 is 2. The standard InChI is InChI=1S/C19H20N2O6/c1-13(21(24)25)12-14-7-9-15(10-8-14)20-11-5-4-6-16(18(22)26-2)17(20)19(23)27-3/h4-11,13H,12H2,1-3H3. The number of nitro groups is 1. The van der Waals surface area contributed by atoms with E-state index >= 15 is 0 Å². The lowest BCUT2D eigenvalue weighted by molar-refractivity contribution is -0.517. The molecule has 27 heavy (non-hydrogen) atoms. The molecule has 0 radical (unpaired) electrons. The van der Waals surface area contributed by atoms with Crippen LogP contribution in [0.3, 0.4) is 0 Å². The van der Waals surface area contributed by atoms with Gasteiger partial charge < -0.3 is 14.4 Å². The second-order valence-electron chi connectivity index (χ2n) is 5.82. The van der Waals surface area contributed by atoms with Crippen LogP contribution >= 0.6 is 0 Å². The van der Waals surface area contributed by atoms with Crippen molar-refractivity contribution in [3.63, 3.8) is 0 Å². The van der Waals surface area contributed by atoms with Gasteiger partial charge in [-0.3, -0.25) is 10.1 Å². The zero-order valence-corrected chi connectivity index (χ0v) is 15.2. The Morgan fingerprint density at radius 2 is 1.74 bits per heavy atom. The Kier molecular flexibility index (Phi) is 6.48. The van der Waals surface area contributed by atoms with E-state index in [1.54, 1.807) is 42.6 Å². The van der Waals surface area contributed by atoms with Crippen LogP contribution in [0.1, 0.15) is 12.5 Å². The molecule has 1 aliphatic heterocycles. The number of hydrogen-bond acceptors (Lipinski definition) is 7. The van der Waals surface area contributed by atoms with Gasteiger partial charge in [-0.1, -0.05) is 18.2 Å². The maximum atomic E-state index is 12.3. The predicted molar refractivity (Wildman–Crippen MR) is 98.4 cm³/mol. The molecule has 0 aromatic heterocycles. The molecule has 1 aliphatic rings. The monoisotopic (exact) mass is 372 g/mol. The third kappa shape index (κ3) is 4.60. The van der Waals surface area contributed by atoms with Gasteiger partial charge in [-0.05, 0) is 29.8 Å². The van der Waals surface area contributed by atoms with Crippen molar-refractivity contribution in [2.45, 2.75) is 19.4 Å². The summed E-state index contributed by atoms with van der Waals surface area (Å²) in [6.45, 7) is 1.54. The minimum absolute atomic E-state index is 0.0146. The van der Waals surface area contributed by atoms with Gasteiger partial charge in [0.15, 0.2) is 0 Å². The summed E-state index contributed by atoms with van der Waals surface area (Å²) in [6, 6.07) is 6.22. The molecule has 1 aromatic carbocycles. The summed E-state index contributed by atoms with van der Waals surface area (Å²) >= 11 is 0. The third-order valence-electron chi connectivity index (χ3n) is 3.99. The molecule has 142 valence electrons. The SMILES string of the molecule is COC(=O)C1=C(C(=O)OC)N(c2ccc(CC(C)[N+](=O)[O-])cc2)C=CC=C1. The lowest BCUT2D eigenvalue weighted by Crippen LogP contribution is -2.27. The van der Waals surface area contributed by atoms with Gasteiger partial charge in [-0.25, -0.2) is 9.59 Å². The van der Waals surface area contributed by atoms with Crippen LogP contribution in [0.5, 0.6) is 0 Å². The van der Waals surface area contributed by atoms with Crippen LogP contribution < -0.4 is 4.90 Å². The molecule has 1 unspecified atom stereocenters. The molecule has 1 heterocycles. The van der Waals surface area contributed by atoms with Gasteiger partial charge >= 0.3 is 11.9 Å². The largest absolute Gasteiger partial charge is 0.465 e. The fraction of sp³-hybridized carbons (Fsp3) is 0.263. The molecule has 0 amide bonds. The summed E-state index contributed by atoms with van der Waals surface area (Å²) in [5.41, 5.74) is 1.45. The van der Waals surface area contributed by atoms with Gasteiger partial charge in [0.25, 0.3) is 0 Å². The number of rotatable bonds is 6. The molecule has 0 N–H and O–H groups in total. The van der Waals surface area contributed by atoms with E-state index in [-0.39, 0.29) is 22.6 Å². The molecule has 1 aromatic rings. The number of ether oxygens (including phenoxy) is 2. The van der Waals surface area contributed by atoms with Crippen molar-refractivity contribution >= 4 is 17.6 Å². The van der Waals surface area contributed by atoms with E-state index in [1.165, 1.54) is 32.1 Å². The highest BCUT2D eigenvalue weighted by Crippen LogP contribution is 2.26. The zero-order valence-electron chi connectivity index (χ0n) is 15.2. The van der Waals surface area contributed by atoms with Crippen molar-refractivity contribution in [2.75, 3.05) is 19.1 Å². The molecular formula is C19H20N2O6. The summed E-state index contributed by atoms with van der Waals surface area (Å²) in [5.74, 6) is -1.37. The number of benzene rings is 1. The van der Waals surface area contributed by atoms with Crippen molar-refractivity contribution in [1.29, 1.82) is 0 Å². The van der Waals surface area contributed by atoms with Crippen molar-refractivity contribution in [2.24, 2.45) is 0 Å². The topological polar surface area (TPSA) is 99.0 Å². The third-order valence-corrected chi connectivity index (χ3v) is 3.99. The van der Waals surface area contributed by atoms with Gasteiger partial charge in [0.05, 0.1) is 19.8 Å². The molecule has 0 saturated carbocycles. The first-order valence-electron chi connectivity index (χ1n) is 8.16. The van der Waals surface area contributed by atoms with Crippen LogP contribution in [0, 0.1) is 10.1 Å². The quantitative estimate of drug-likeness (QED) is 0.429. The maximum Gasteiger partial charge on any atom is 0.355 e. The molecule has 0 spiro atoms. The molecule has 0 bridgehead atoms. The van der Waals surface area contributed by atoms with Crippen molar-refractivity contribution < 1.29 is 24.0 Å². The van der Waals surface area contributed by atoms with E-state index in [0.29, 0.717) is 5.69 Å². The fourth-order valence-electron chi connectivity index (χ4n) is 2.57. The number of carbonyl (C=O) groups is 2. The Labute approximate surface area is 156 Å². The lowest BCUT2D eigenvalue weighted by atomic mass is 10.1. The number of carbonyl (C=O) groups excluding carboxylic acids is 2. The normalized spacial score (nSPS) is 14.6. The van der Waals surface area contributed by atoms with Gasteiger partial charge in [0.2, 0.25) is 6.04 Å². The fourth-order valence-corrected chi connectivity index (χ4v) is 2.57. The maximum absolute atomic E-state index is 12.3. The lowest BCUT2D eigenvalue weighted by Gasteiger charge is -2.23. The van der Waals surface area contributed by atoms with Gasteiger partial charge in [0, 0.05) is 30.2 Å². The Bertz CT molecular complexity index is 823.